The molecule has 1 aliphatic rings. The fourth-order valence-electron chi connectivity index (χ4n) is 2.61. The van der Waals surface area contributed by atoms with Crippen LogP contribution in [0.3, 0.4) is 0 Å². The lowest BCUT2D eigenvalue weighted by Crippen LogP contribution is -2.45. The van der Waals surface area contributed by atoms with E-state index >= 15 is 0 Å². The molecule has 1 aromatic heterocycles. The van der Waals surface area contributed by atoms with Crippen molar-refractivity contribution >= 4 is 0 Å². The van der Waals surface area contributed by atoms with E-state index in [1.54, 1.807) is 6.92 Å². The smallest absolute Gasteiger partial charge is 0.394 e. The predicted molar refractivity (Wildman–Crippen MR) is 76.6 cm³/mol. The molecule has 0 aliphatic carbocycles. The summed E-state index contributed by atoms with van der Waals surface area (Å²) in [5.74, 6) is 0. The Labute approximate surface area is 134 Å². The molecule has 0 radical (unpaired) electrons. The third kappa shape index (κ3) is 3.26. The fourth-order valence-corrected chi connectivity index (χ4v) is 2.61. The van der Waals surface area contributed by atoms with Crippen molar-refractivity contribution in [3.8, 4) is 0 Å². The van der Waals surface area contributed by atoms with E-state index in [2.05, 4.69) is 0 Å². The molecular weight excluding hydrogens is 333 g/mol. The standard InChI is InChI=1S/C14H19F3N2O5/c1-3-7(2)19-12(22)8(14(15,16)17)5-18(13(19)23)11-4-9(21)10(6-20)24-11/h5,7,9-11,20-21H,3-4,6H2,1-2H3/t7?,9-,10?,11-/m0/s1. The summed E-state index contributed by atoms with van der Waals surface area (Å²) in [5.41, 5.74) is -3.83. The van der Waals surface area contributed by atoms with Gasteiger partial charge in [0, 0.05) is 18.7 Å². The van der Waals surface area contributed by atoms with Gasteiger partial charge in [0.15, 0.2) is 0 Å². The molecule has 1 saturated heterocycles. The molecule has 1 aliphatic heterocycles. The van der Waals surface area contributed by atoms with Crippen molar-refractivity contribution in [2.24, 2.45) is 0 Å². The lowest BCUT2D eigenvalue weighted by Gasteiger charge is -2.21. The van der Waals surface area contributed by atoms with E-state index in [9.17, 15) is 27.9 Å². The second kappa shape index (κ2) is 6.69. The van der Waals surface area contributed by atoms with Gasteiger partial charge in [0.2, 0.25) is 0 Å². The van der Waals surface area contributed by atoms with Gasteiger partial charge in [-0.3, -0.25) is 13.9 Å². The third-order valence-electron chi connectivity index (χ3n) is 4.18. The second-order valence-corrected chi connectivity index (χ2v) is 5.78. The topological polar surface area (TPSA) is 93.7 Å². The summed E-state index contributed by atoms with van der Waals surface area (Å²) >= 11 is 0. The first kappa shape index (κ1) is 18.7. The summed E-state index contributed by atoms with van der Waals surface area (Å²) in [5, 5.41) is 18.8. The van der Waals surface area contributed by atoms with Crippen molar-refractivity contribution in [3.63, 3.8) is 0 Å². The van der Waals surface area contributed by atoms with Crippen LogP contribution in [0.15, 0.2) is 15.8 Å². The number of rotatable bonds is 4. The van der Waals surface area contributed by atoms with Crippen molar-refractivity contribution in [1.82, 2.24) is 9.13 Å². The molecule has 2 unspecified atom stereocenters. The maximum Gasteiger partial charge on any atom is 0.423 e. The second-order valence-electron chi connectivity index (χ2n) is 5.78. The zero-order chi connectivity index (χ0) is 18.2. The first-order chi connectivity index (χ1) is 11.1. The quantitative estimate of drug-likeness (QED) is 0.830. The van der Waals surface area contributed by atoms with E-state index in [1.807, 2.05) is 0 Å². The van der Waals surface area contributed by atoms with Crippen LogP contribution in [-0.2, 0) is 10.9 Å². The zero-order valence-corrected chi connectivity index (χ0v) is 13.2. The summed E-state index contributed by atoms with van der Waals surface area (Å²) < 4.78 is 45.9. The monoisotopic (exact) mass is 352 g/mol. The third-order valence-corrected chi connectivity index (χ3v) is 4.18. The van der Waals surface area contributed by atoms with Crippen LogP contribution < -0.4 is 11.2 Å². The molecule has 7 nitrogen and oxygen atoms in total. The van der Waals surface area contributed by atoms with Gasteiger partial charge in [0.1, 0.15) is 17.9 Å². The number of hydrogen-bond acceptors (Lipinski definition) is 5. The molecule has 0 spiro atoms. The normalized spacial score (nSPS) is 25.9. The van der Waals surface area contributed by atoms with Gasteiger partial charge in [-0.25, -0.2) is 4.79 Å². The average molecular weight is 352 g/mol. The Hall–Kier alpha value is -1.65. The maximum atomic E-state index is 13.2. The number of ether oxygens (including phenoxy) is 1. The highest BCUT2D eigenvalue weighted by atomic mass is 19.4. The number of aromatic nitrogens is 2. The van der Waals surface area contributed by atoms with Crippen LogP contribution in [0.4, 0.5) is 13.2 Å². The average Bonchev–Trinajstić information content (AvgIpc) is 2.86. The number of halogens is 3. The molecule has 10 heteroatoms. The molecule has 0 saturated carbocycles. The molecule has 0 amide bonds. The van der Waals surface area contributed by atoms with Crippen LogP contribution in [0.5, 0.6) is 0 Å². The van der Waals surface area contributed by atoms with Gasteiger partial charge in [-0.15, -0.1) is 0 Å². The molecule has 4 atom stereocenters. The predicted octanol–water partition coefficient (Wildman–Crippen LogP) is 0.640. The maximum absolute atomic E-state index is 13.2. The Morgan fingerprint density at radius 2 is 2.04 bits per heavy atom. The van der Waals surface area contributed by atoms with Crippen molar-refractivity contribution in [3.05, 3.63) is 32.6 Å². The minimum atomic E-state index is -4.94. The Morgan fingerprint density at radius 3 is 2.50 bits per heavy atom. The van der Waals surface area contributed by atoms with Crippen molar-refractivity contribution in [1.29, 1.82) is 0 Å². The van der Waals surface area contributed by atoms with E-state index in [4.69, 9.17) is 9.84 Å². The molecule has 2 heterocycles. The number of aliphatic hydroxyl groups excluding tert-OH is 2. The molecule has 1 fully saturated rings. The van der Waals surface area contributed by atoms with E-state index in [-0.39, 0.29) is 12.8 Å². The summed E-state index contributed by atoms with van der Waals surface area (Å²) in [7, 11) is 0. The lowest BCUT2D eigenvalue weighted by atomic mass is 10.2. The van der Waals surface area contributed by atoms with E-state index in [0.29, 0.717) is 15.3 Å². The molecule has 0 aromatic carbocycles. The molecule has 2 rings (SSSR count). The van der Waals surface area contributed by atoms with Gasteiger partial charge in [-0.2, -0.15) is 13.2 Å². The van der Waals surface area contributed by atoms with E-state index in [1.165, 1.54) is 6.92 Å². The largest absolute Gasteiger partial charge is 0.423 e. The Bertz CT molecular complexity index is 712. The number of nitrogens with zero attached hydrogens (tertiary/aromatic N) is 2. The van der Waals surface area contributed by atoms with Gasteiger partial charge >= 0.3 is 11.9 Å². The fraction of sp³-hybridized carbons (Fsp3) is 0.714. The highest BCUT2D eigenvalue weighted by Gasteiger charge is 2.40. The number of hydrogen-bond donors (Lipinski definition) is 2. The van der Waals surface area contributed by atoms with Gasteiger partial charge in [-0.05, 0) is 13.3 Å². The van der Waals surface area contributed by atoms with Gasteiger partial charge in [0.25, 0.3) is 5.56 Å². The molecular formula is C14H19F3N2O5. The van der Waals surface area contributed by atoms with E-state index in [0.717, 1.165) is 0 Å². The van der Waals surface area contributed by atoms with Crippen LogP contribution in [0.1, 0.15) is 44.5 Å². The number of alkyl halides is 3. The first-order valence-electron chi connectivity index (χ1n) is 7.51. The van der Waals surface area contributed by atoms with Crippen LogP contribution in [0.2, 0.25) is 0 Å². The van der Waals surface area contributed by atoms with E-state index < -0.39 is 54.1 Å². The molecule has 136 valence electrons. The van der Waals surface area contributed by atoms with Crippen LogP contribution in [0.25, 0.3) is 0 Å². The van der Waals surface area contributed by atoms with Crippen LogP contribution in [-0.4, -0.2) is 38.2 Å². The Kier molecular flexibility index (Phi) is 5.21. The zero-order valence-electron chi connectivity index (χ0n) is 13.2. The first-order valence-corrected chi connectivity index (χ1v) is 7.51. The minimum Gasteiger partial charge on any atom is -0.394 e. The molecule has 1 aromatic rings. The summed E-state index contributed by atoms with van der Waals surface area (Å²) in [6.07, 6.45) is -7.71. The summed E-state index contributed by atoms with van der Waals surface area (Å²) in [4.78, 5) is 24.6. The highest BCUT2D eigenvalue weighted by Crippen LogP contribution is 2.30. The molecule has 2 N–H and O–H groups in total. The molecule has 24 heavy (non-hydrogen) atoms. The van der Waals surface area contributed by atoms with Crippen molar-refractivity contribution in [2.45, 2.75) is 57.3 Å². The van der Waals surface area contributed by atoms with Crippen molar-refractivity contribution < 1.29 is 28.1 Å². The lowest BCUT2D eigenvalue weighted by molar-refractivity contribution is -0.140. The van der Waals surface area contributed by atoms with Crippen LogP contribution >= 0.6 is 0 Å². The van der Waals surface area contributed by atoms with Crippen molar-refractivity contribution in [2.75, 3.05) is 6.61 Å². The summed E-state index contributed by atoms with van der Waals surface area (Å²) in [6.45, 7) is 2.57. The SMILES string of the molecule is CCC(C)n1c(=O)c(C(F)(F)F)cn([C@@H]2C[C@H](O)C(CO)O2)c1=O. The van der Waals surface area contributed by atoms with Gasteiger partial charge in [0.05, 0.1) is 12.7 Å². The highest BCUT2D eigenvalue weighted by molar-refractivity contribution is 5.11. The van der Waals surface area contributed by atoms with Gasteiger partial charge < -0.3 is 14.9 Å². The minimum absolute atomic E-state index is 0.166. The Morgan fingerprint density at radius 1 is 1.42 bits per heavy atom. The van der Waals surface area contributed by atoms with Crippen LogP contribution in [0, 0.1) is 0 Å². The summed E-state index contributed by atoms with van der Waals surface area (Å²) in [6, 6.07) is -0.737. The van der Waals surface area contributed by atoms with Gasteiger partial charge in [-0.1, -0.05) is 6.92 Å². The Balaban J connectivity index is 2.65. The number of aliphatic hydroxyl groups is 2. The molecule has 0 bridgehead atoms.